The van der Waals surface area contributed by atoms with Crippen LogP contribution in [0.15, 0.2) is 18.2 Å². The molecular weight excluding hydrogens is 248 g/mol. The van der Waals surface area contributed by atoms with Crippen molar-refractivity contribution >= 4 is 11.4 Å². The number of ether oxygens (including phenoxy) is 2. The third-order valence-electron chi connectivity index (χ3n) is 3.09. The third-order valence-corrected chi connectivity index (χ3v) is 3.09. The Morgan fingerprint density at radius 2 is 2.26 bits per heavy atom. The second kappa shape index (κ2) is 5.14. The normalized spacial score (nSPS) is 21.3. The first-order chi connectivity index (χ1) is 8.89. The Balaban J connectivity index is 2.01. The number of nitro benzene ring substituents is 1. The van der Waals surface area contributed by atoms with Gasteiger partial charge in [0.05, 0.1) is 11.5 Å². The molecule has 1 unspecified atom stereocenters. The van der Waals surface area contributed by atoms with Crippen LogP contribution < -0.4 is 5.32 Å². The van der Waals surface area contributed by atoms with Gasteiger partial charge in [0.2, 0.25) is 0 Å². The molecular formula is C13H18N2O4. The molecule has 6 nitrogen and oxygen atoms in total. The van der Waals surface area contributed by atoms with Gasteiger partial charge in [0.15, 0.2) is 5.79 Å². The molecule has 1 heterocycles. The molecule has 2 rings (SSSR count). The van der Waals surface area contributed by atoms with Crippen LogP contribution in [0.1, 0.15) is 19.4 Å². The van der Waals surface area contributed by atoms with Gasteiger partial charge in [-0.25, -0.2) is 0 Å². The van der Waals surface area contributed by atoms with Crippen molar-refractivity contribution in [1.82, 2.24) is 0 Å². The molecule has 1 N–H and O–H groups in total. The summed E-state index contributed by atoms with van der Waals surface area (Å²) in [6.45, 7) is 6.55. The second-order valence-electron chi connectivity index (χ2n) is 5.04. The number of rotatable bonds is 4. The lowest BCUT2D eigenvalue weighted by atomic mass is 10.1. The van der Waals surface area contributed by atoms with Crippen LogP contribution in [0.2, 0.25) is 0 Å². The number of hydrogen-bond donors (Lipinski definition) is 1. The summed E-state index contributed by atoms with van der Waals surface area (Å²) < 4.78 is 11.1. The number of anilines is 1. The van der Waals surface area contributed by atoms with E-state index in [2.05, 4.69) is 5.32 Å². The molecule has 6 heteroatoms. The smallest absolute Gasteiger partial charge is 0.274 e. The lowest BCUT2D eigenvalue weighted by Crippen LogP contribution is -2.26. The summed E-state index contributed by atoms with van der Waals surface area (Å²) in [4.78, 5) is 10.5. The van der Waals surface area contributed by atoms with Gasteiger partial charge in [-0.05, 0) is 26.8 Å². The van der Waals surface area contributed by atoms with E-state index in [0.29, 0.717) is 18.7 Å². The highest BCUT2D eigenvalue weighted by atomic mass is 16.7. The molecule has 0 amide bonds. The van der Waals surface area contributed by atoms with E-state index in [1.165, 1.54) is 6.07 Å². The molecule has 0 spiro atoms. The van der Waals surface area contributed by atoms with Crippen molar-refractivity contribution in [2.45, 2.75) is 32.7 Å². The fraction of sp³-hybridized carbons (Fsp3) is 0.538. The number of hydrogen-bond acceptors (Lipinski definition) is 5. The Morgan fingerprint density at radius 3 is 2.84 bits per heavy atom. The van der Waals surface area contributed by atoms with Gasteiger partial charge in [-0.2, -0.15) is 0 Å². The average Bonchev–Trinajstić information content (AvgIpc) is 2.67. The highest BCUT2D eigenvalue weighted by Gasteiger charge is 2.32. The van der Waals surface area contributed by atoms with Crippen molar-refractivity contribution in [2.24, 2.45) is 0 Å². The maximum Gasteiger partial charge on any atom is 0.274 e. The Hall–Kier alpha value is -1.66. The van der Waals surface area contributed by atoms with Crippen molar-refractivity contribution in [1.29, 1.82) is 0 Å². The number of nitrogens with zero attached hydrogens (tertiary/aromatic N) is 1. The first-order valence-electron chi connectivity index (χ1n) is 6.19. The molecule has 19 heavy (non-hydrogen) atoms. The zero-order valence-corrected chi connectivity index (χ0v) is 11.3. The number of nitrogens with one attached hydrogen (secondary N) is 1. The number of benzene rings is 1. The van der Waals surface area contributed by atoms with Gasteiger partial charge < -0.3 is 14.8 Å². The predicted molar refractivity (Wildman–Crippen MR) is 71.2 cm³/mol. The van der Waals surface area contributed by atoms with E-state index in [9.17, 15) is 10.1 Å². The third kappa shape index (κ3) is 3.21. The molecule has 1 aromatic carbocycles. The van der Waals surface area contributed by atoms with Crippen LogP contribution in [0.3, 0.4) is 0 Å². The summed E-state index contributed by atoms with van der Waals surface area (Å²) in [7, 11) is 0. The van der Waals surface area contributed by atoms with Crippen LogP contribution in [0, 0.1) is 17.0 Å². The zero-order valence-electron chi connectivity index (χ0n) is 11.3. The van der Waals surface area contributed by atoms with Crippen LogP contribution in [-0.2, 0) is 9.47 Å². The van der Waals surface area contributed by atoms with Crippen molar-refractivity contribution in [3.63, 3.8) is 0 Å². The Labute approximate surface area is 111 Å². The largest absolute Gasteiger partial charge is 0.382 e. The lowest BCUT2D eigenvalue weighted by molar-refractivity contribution is -0.385. The van der Waals surface area contributed by atoms with Gasteiger partial charge >= 0.3 is 0 Å². The molecule has 1 saturated heterocycles. The SMILES string of the molecule is Cc1c(NCC2COC(C)(C)O2)cccc1[N+](=O)[O-]. The maximum atomic E-state index is 10.9. The molecule has 0 saturated carbocycles. The summed E-state index contributed by atoms with van der Waals surface area (Å²) in [6.07, 6.45) is -0.0475. The first-order valence-corrected chi connectivity index (χ1v) is 6.19. The van der Waals surface area contributed by atoms with E-state index in [-0.39, 0.29) is 16.7 Å². The minimum atomic E-state index is -0.552. The molecule has 0 aliphatic carbocycles. The van der Waals surface area contributed by atoms with Crippen LogP contribution in [0.25, 0.3) is 0 Å². The fourth-order valence-corrected chi connectivity index (χ4v) is 2.10. The summed E-state index contributed by atoms with van der Waals surface area (Å²) in [5, 5.41) is 14.0. The average molecular weight is 266 g/mol. The molecule has 0 radical (unpaired) electrons. The van der Waals surface area contributed by atoms with Gasteiger partial charge in [0, 0.05) is 23.9 Å². The van der Waals surface area contributed by atoms with Crippen LogP contribution in [0.5, 0.6) is 0 Å². The van der Waals surface area contributed by atoms with Crippen LogP contribution in [-0.4, -0.2) is 30.0 Å². The molecule has 1 aromatic rings. The lowest BCUT2D eigenvalue weighted by Gasteiger charge is -2.18. The van der Waals surface area contributed by atoms with Gasteiger partial charge in [0.1, 0.15) is 6.10 Å². The molecule has 1 aliphatic heterocycles. The van der Waals surface area contributed by atoms with E-state index in [1.54, 1.807) is 13.0 Å². The predicted octanol–water partition coefficient (Wildman–Crippen LogP) is 2.47. The number of nitro groups is 1. The van der Waals surface area contributed by atoms with Gasteiger partial charge in [-0.15, -0.1) is 0 Å². The monoisotopic (exact) mass is 266 g/mol. The minimum absolute atomic E-state index is 0.0475. The van der Waals surface area contributed by atoms with E-state index in [1.807, 2.05) is 19.9 Å². The quantitative estimate of drug-likeness (QED) is 0.669. The molecule has 1 aliphatic rings. The van der Waals surface area contributed by atoms with Gasteiger partial charge in [-0.1, -0.05) is 6.07 Å². The summed E-state index contributed by atoms with van der Waals surface area (Å²) in [5.41, 5.74) is 1.50. The molecule has 104 valence electrons. The highest BCUT2D eigenvalue weighted by molar-refractivity contribution is 5.59. The van der Waals surface area contributed by atoms with Crippen molar-refractivity contribution in [3.8, 4) is 0 Å². The maximum absolute atomic E-state index is 10.9. The topological polar surface area (TPSA) is 73.6 Å². The summed E-state index contributed by atoms with van der Waals surface area (Å²) in [6, 6.07) is 4.99. The summed E-state index contributed by atoms with van der Waals surface area (Å²) in [5.74, 6) is -0.552. The van der Waals surface area contributed by atoms with E-state index < -0.39 is 5.79 Å². The first kappa shape index (κ1) is 13.8. The van der Waals surface area contributed by atoms with Crippen molar-refractivity contribution in [3.05, 3.63) is 33.9 Å². The fourth-order valence-electron chi connectivity index (χ4n) is 2.10. The zero-order chi connectivity index (χ0) is 14.0. The van der Waals surface area contributed by atoms with Gasteiger partial charge in [0.25, 0.3) is 5.69 Å². The van der Waals surface area contributed by atoms with E-state index in [4.69, 9.17) is 9.47 Å². The standard InChI is InChI=1S/C13H18N2O4/c1-9-11(5-4-6-12(9)15(16)17)14-7-10-8-18-13(2,3)19-10/h4-6,10,14H,7-8H2,1-3H3. The second-order valence-corrected chi connectivity index (χ2v) is 5.04. The Morgan fingerprint density at radius 1 is 1.53 bits per heavy atom. The molecule has 1 fully saturated rings. The van der Waals surface area contributed by atoms with E-state index >= 15 is 0 Å². The molecule has 0 bridgehead atoms. The Kier molecular flexibility index (Phi) is 3.73. The molecule has 1 atom stereocenters. The van der Waals surface area contributed by atoms with Crippen molar-refractivity contribution in [2.75, 3.05) is 18.5 Å². The van der Waals surface area contributed by atoms with E-state index in [0.717, 1.165) is 5.69 Å². The minimum Gasteiger partial charge on any atom is -0.382 e. The van der Waals surface area contributed by atoms with Crippen molar-refractivity contribution < 1.29 is 14.4 Å². The Bertz CT molecular complexity index is 488. The highest BCUT2D eigenvalue weighted by Crippen LogP contribution is 2.26. The van der Waals surface area contributed by atoms with Gasteiger partial charge in [-0.3, -0.25) is 10.1 Å². The van der Waals surface area contributed by atoms with Crippen LogP contribution in [0.4, 0.5) is 11.4 Å². The van der Waals surface area contributed by atoms with Crippen LogP contribution >= 0.6 is 0 Å². The summed E-state index contributed by atoms with van der Waals surface area (Å²) >= 11 is 0. The molecule has 0 aromatic heterocycles.